The summed E-state index contributed by atoms with van der Waals surface area (Å²) in [6.45, 7) is 7.42. The minimum atomic E-state index is -0.300. The summed E-state index contributed by atoms with van der Waals surface area (Å²) in [7, 11) is 0. The molecule has 1 amide bonds. The van der Waals surface area contributed by atoms with Crippen LogP contribution in [0.4, 0.5) is 5.69 Å². The Hall–Kier alpha value is -1.86. The molecule has 1 aliphatic heterocycles. The summed E-state index contributed by atoms with van der Waals surface area (Å²) in [5.74, 6) is 1.86. The van der Waals surface area contributed by atoms with Gasteiger partial charge in [0, 0.05) is 22.9 Å². The largest absolute Gasteiger partial charge is 0.491 e. The third-order valence-electron chi connectivity index (χ3n) is 5.06. The number of benzene rings is 2. The molecule has 0 atom stereocenters. The van der Waals surface area contributed by atoms with Crippen LogP contribution in [0.2, 0.25) is 10.0 Å². The molecule has 0 fully saturated rings. The van der Waals surface area contributed by atoms with E-state index in [1.807, 2.05) is 23.9 Å². The number of amides is 1. The number of carbonyl (C=O) groups excluding carboxylic acids is 1. The standard InChI is InChI=1S/C24H28Cl2N2O3S/c1-3-28(4-2)11-12-30-21-10-8-18(15-20(21)26)27-24(29)16-31-22-9-7-17(14-19(22)25)23-6-5-13-32-23/h6-10,14-15H,3-5,11-13,16H2,1-2H3,(H,27,29). The number of anilines is 1. The monoisotopic (exact) mass is 494 g/mol. The molecule has 2 aromatic rings. The van der Waals surface area contributed by atoms with Crippen LogP contribution >= 0.6 is 35.0 Å². The molecular formula is C24H28Cl2N2O3S. The highest BCUT2D eigenvalue weighted by molar-refractivity contribution is 8.08. The van der Waals surface area contributed by atoms with Crippen molar-refractivity contribution >= 4 is 51.5 Å². The first-order valence-corrected chi connectivity index (χ1v) is 12.4. The van der Waals surface area contributed by atoms with Crippen molar-refractivity contribution in [2.45, 2.75) is 20.3 Å². The molecule has 8 heteroatoms. The molecule has 1 heterocycles. The minimum absolute atomic E-state index is 0.156. The minimum Gasteiger partial charge on any atom is -0.491 e. The fourth-order valence-electron chi connectivity index (χ4n) is 3.25. The molecule has 0 aliphatic carbocycles. The smallest absolute Gasteiger partial charge is 0.262 e. The van der Waals surface area contributed by atoms with Crippen LogP contribution in [0.3, 0.4) is 0 Å². The first kappa shape index (κ1) is 24.8. The van der Waals surface area contributed by atoms with E-state index in [9.17, 15) is 4.79 Å². The second-order valence-corrected chi connectivity index (χ2v) is 9.16. The summed E-state index contributed by atoms with van der Waals surface area (Å²) in [4.78, 5) is 15.8. The lowest BCUT2D eigenvalue weighted by Gasteiger charge is -2.18. The van der Waals surface area contributed by atoms with Crippen molar-refractivity contribution in [2.75, 3.05) is 43.9 Å². The van der Waals surface area contributed by atoms with Gasteiger partial charge in [-0.05, 0) is 55.4 Å². The Morgan fingerprint density at radius 1 is 1.06 bits per heavy atom. The van der Waals surface area contributed by atoms with Crippen molar-refractivity contribution in [1.82, 2.24) is 4.90 Å². The number of likely N-dealkylation sites (N-methyl/N-ethyl adjacent to an activating group) is 1. The Morgan fingerprint density at radius 3 is 2.44 bits per heavy atom. The van der Waals surface area contributed by atoms with Gasteiger partial charge in [-0.2, -0.15) is 0 Å². The van der Waals surface area contributed by atoms with E-state index >= 15 is 0 Å². The van der Waals surface area contributed by atoms with Gasteiger partial charge in [-0.1, -0.05) is 49.2 Å². The number of thioether (sulfide) groups is 1. The number of allylic oxidation sites excluding steroid dienone is 1. The molecular weight excluding hydrogens is 467 g/mol. The second kappa shape index (κ2) is 12.4. The number of nitrogens with zero attached hydrogens (tertiary/aromatic N) is 1. The van der Waals surface area contributed by atoms with E-state index in [-0.39, 0.29) is 12.5 Å². The van der Waals surface area contributed by atoms with Crippen molar-refractivity contribution in [3.63, 3.8) is 0 Å². The van der Waals surface area contributed by atoms with Gasteiger partial charge in [-0.25, -0.2) is 0 Å². The molecule has 1 aliphatic rings. The third kappa shape index (κ3) is 7.07. The summed E-state index contributed by atoms with van der Waals surface area (Å²) in [5, 5.41) is 3.71. The molecule has 0 aromatic heterocycles. The van der Waals surface area contributed by atoms with E-state index in [1.54, 1.807) is 24.3 Å². The van der Waals surface area contributed by atoms with Crippen LogP contribution in [0.15, 0.2) is 42.5 Å². The van der Waals surface area contributed by atoms with Crippen molar-refractivity contribution in [2.24, 2.45) is 0 Å². The summed E-state index contributed by atoms with van der Waals surface area (Å²) in [6, 6.07) is 10.8. The van der Waals surface area contributed by atoms with Gasteiger partial charge in [0.25, 0.3) is 5.91 Å². The Kier molecular flexibility index (Phi) is 9.60. The molecule has 0 spiro atoms. The highest BCUT2D eigenvalue weighted by Crippen LogP contribution is 2.37. The zero-order chi connectivity index (χ0) is 22.9. The van der Waals surface area contributed by atoms with Crippen LogP contribution in [0.1, 0.15) is 25.8 Å². The van der Waals surface area contributed by atoms with Gasteiger partial charge < -0.3 is 19.7 Å². The highest BCUT2D eigenvalue weighted by atomic mass is 35.5. The third-order valence-corrected chi connectivity index (χ3v) is 6.80. The maximum Gasteiger partial charge on any atom is 0.262 e. The van der Waals surface area contributed by atoms with E-state index in [4.69, 9.17) is 32.7 Å². The number of rotatable bonds is 11. The fraction of sp³-hybridized carbons (Fsp3) is 0.375. The van der Waals surface area contributed by atoms with Crippen LogP contribution in [-0.4, -0.2) is 49.4 Å². The van der Waals surface area contributed by atoms with Gasteiger partial charge in [0.2, 0.25) is 0 Å². The Morgan fingerprint density at radius 2 is 1.78 bits per heavy atom. The molecule has 0 radical (unpaired) electrons. The summed E-state index contributed by atoms with van der Waals surface area (Å²) in [5.41, 5.74) is 1.65. The van der Waals surface area contributed by atoms with E-state index in [1.165, 1.54) is 4.91 Å². The lowest BCUT2D eigenvalue weighted by Crippen LogP contribution is -2.27. The Bertz CT molecular complexity index is 964. The predicted octanol–water partition coefficient (Wildman–Crippen LogP) is 6.21. The normalized spacial score (nSPS) is 13.2. The zero-order valence-corrected chi connectivity index (χ0v) is 20.7. The van der Waals surface area contributed by atoms with Crippen molar-refractivity contribution < 1.29 is 14.3 Å². The van der Waals surface area contributed by atoms with Gasteiger partial charge in [0.1, 0.15) is 18.1 Å². The zero-order valence-electron chi connectivity index (χ0n) is 18.3. The topological polar surface area (TPSA) is 50.8 Å². The summed E-state index contributed by atoms with van der Waals surface area (Å²) in [6.07, 6.45) is 3.28. The predicted molar refractivity (Wildman–Crippen MR) is 135 cm³/mol. The SMILES string of the molecule is CCN(CC)CCOc1ccc(NC(=O)COc2ccc(C3=CCCS3)cc2Cl)cc1Cl. The number of ether oxygens (including phenoxy) is 2. The van der Waals surface area contributed by atoms with Gasteiger partial charge in [-0.15, -0.1) is 11.8 Å². The molecule has 5 nitrogen and oxygen atoms in total. The van der Waals surface area contributed by atoms with Crippen molar-refractivity contribution in [3.8, 4) is 11.5 Å². The van der Waals surface area contributed by atoms with Crippen LogP contribution in [0.5, 0.6) is 11.5 Å². The van der Waals surface area contributed by atoms with Gasteiger partial charge in [-0.3, -0.25) is 4.79 Å². The molecule has 1 N–H and O–H groups in total. The van der Waals surface area contributed by atoms with E-state index in [0.29, 0.717) is 33.8 Å². The molecule has 0 unspecified atom stereocenters. The Balaban J connectivity index is 1.49. The van der Waals surface area contributed by atoms with E-state index < -0.39 is 0 Å². The van der Waals surface area contributed by atoms with Crippen LogP contribution < -0.4 is 14.8 Å². The average molecular weight is 495 g/mol. The fourth-order valence-corrected chi connectivity index (χ4v) is 4.71. The molecule has 0 saturated carbocycles. The lowest BCUT2D eigenvalue weighted by atomic mass is 10.2. The van der Waals surface area contributed by atoms with Crippen LogP contribution in [-0.2, 0) is 4.79 Å². The molecule has 32 heavy (non-hydrogen) atoms. The second-order valence-electron chi connectivity index (χ2n) is 7.21. The van der Waals surface area contributed by atoms with Gasteiger partial charge in [0.15, 0.2) is 6.61 Å². The van der Waals surface area contributed by atoms with Crippen LogP contribution in [0.25, 0.3) is 4.91 Å². The van der Waals surface area contributed by atoms with Crippen molar-refractivity contribution in [1.29, 1.82) is 0 Å². The molecule has 172 valence electrons. The lowest BCUT2D eigenvalue weighted by molar-refractivity contribution is -0.118. The average Bonchev–Trinajstić information content (AvgIpc) is 3.32. The Labute approximate surface area is 204 Å². The summed E-state index contributed by atoms with van der Waals surface area (Å²) >= 11 is 14.5. The van der Waals surface area contributed by atoms with E-state index in [2.05, 4.69) is 30.1 Å². The quantitative estimate of drug-likeness (QED) is 0.402. The van der Waals surface area contributed by atoms with Crippen LogP contribution in [0, 0.1) is 0 Å². The first-order chi connectivity index (χ1) is 15.5. The highest BCUT2D eigenvalue weighted by Gasteiger charge is 2.12. The number of halogens is 2. The molecule has 2 aromatic carbocycles. The van der Waals surface area contributed by atoms with E-state index in [0.717, 1.165) is 37.4 Å². The van der Waals surface area contributed by atoms with Gasteiger partial charge in [0.05, 0.1) is 10.0 Å². The molecule has 3 rings (SSSR count). The maximum atomic E-state index is 12.3. The number of nitrogens with one attached hydrogen (secondary N) is 1. The molecule has 0 saturated heterocycles. The number of hydrogen-bond acceptors (Lipinski definition) is 5. The first-order valence-electron chi connectivity index (χ1n) is 10.7. The van der Waals surface area contributed by atoms with Gasteiger partial charge >= 0.3 is 0 Å². The number of hydrogen-bond donors (Lipinski definition) is 1. The maximum absolute atomic E-state index is 12.3. The van der Waals surface area contributed by atoms with Crippen molar-refractivity contribution in [3.05, 3.63) is 58.1 Å². The number of carbonyl (C=O) groups is 1. The molecule has 0 bridgehead atoms. The summed E-state index contributed by atoms with van der Waals surface area (Å²) < 4.78 is 11.4.